The second kappa shape index (κ2) is 6.61. The highest BCUT2D eigenvalue weighted by molar-refractivity contribution is 5.34. The lowest BCUT2D eigenvalue weighted by Crippen LogP contribution is -1.99. The molecule has 112 valence electrons. The van der Waals surface area contributed by atoms with E-state index in [1.807, 2.05) is 12.3 Å². The molecule has 0 amide bonds. The van der Waals surface area contributed by atoms with E-state index < -0.39 is 0 Å². The normalized spacial score (nSPS) is 10.8. The molecule has 2 aromatic carbocycles. The Labute approximate surface area is 132 Å². The molecule has 1 heterocycles. The molecule has 0 unspecified atom stereocenters. The van der Waals surface area contributed by atoms with Crippen molar-refractivity contribution in [2.24, 2.45) is 0 Å². The monoisotopic (exact) mass is 290 g/mol. The van der Waals surface area contributed by atoms with E-state index in [1.165, 1.54) is 22.3 Å². The fraction of sp³-hybridized carbons (Fsp3) is 0.250. The van der Waals surface area contributed by atoms with Gasteiger partial charge in [0.1, 0.15) is 5.82 Å². The Morgan fingerprint density at radius 2 is 1.59 bits per heavy atom. The molecular formula is C20H22N2. The molecule has 22 heavy (non-hydrogen) atoms. The summed E-state index contributed by atoms with van der Waals surface area (Å²) in [7, 11) is 0. The summed E-state index contributed by atoms with van der Waals surface area (Å²) >= 11 is 0. The van der Waals surface area contributed by atoms with Crippen LogP contribution in [0.1, 0.15) is 33.8 Å². The maximum absolute atomic E-state index is 4.72. The summed E-state index contributed by atoms with van der Waals surface area (Å²) in [5.74, 6) is 1.08. The molecule has 0 aliphatic heterocycles. The van der Waals surface area contributed by atoms with Crippen LogP contribution in [0.2, 0.25) is 0 Å². The van der Waals surface area contributed by atoms with Crippen LogP contribution in [0, 0.1) is 13.8 Å². The Morgan fingerprint density at radius 3 is 2.32 bits per heavy atom. The van der Waals surface area contributed by atoms with Gasteiger partial charge in [0.25, 0.3) is 0 Å². The zero-order valence-corrected chi connectivity index (χ0v) is 13.3. The molecule has 3 aromatic rings. The van der Waals surface area contributed by atoms with Crippen molar-refractivity contribution in [3.63, 3.8) is 0 Å². The maximum Gasteiger partial charge on any atom is 0.106 e. The number of nitrogens with zero attached hydrogens (tertiary/aromatic N) is 1. The lowest BCUT2D eigenvalue weighted by molar-refractivity contribution is 0.866. The van der Waals surface area contributed by atoms with Gasteiger partial charge in [-0.1, -0.05) is 48.5 Å². The molecule has 0 radical (unpaired) electrons. The van der Waals surface area contributed by atoms with Gasteiger partial charge < -0.3 is 4.98 Å². The summed E-state index contributed by atoms with van der Waals surface area (Å²) in [6.07, 6.45) is 4.92. The first-order valence-electron chi connectivity index (χ1n) is 7.84. The summed E-state index contributed by atoms with van der Waals surface area (Å²) < 4.78 is 0. The fourth-order valence-corrected chi connectivity index (χ4v) is 2.91. The highest BCUT2D eigenvalue weighted by Gasteiger charge is 2.06. The summed E-state index contributed by atoms with van der Waals surface area (Å²) in [5.41, 5.74) is 6.61. The van der Waals surface area contributed by atoms with Crippen molar-refractivity contribution in [1.82, 2.24) is 9.97 Å². The Balaban J connectivity index is 1.65. The van der Waals surface area contributed by atoms with Gasteiger partial charge in [-0.05, 0) is 42.5 Å². The maximum atomic E-state index is 4.72. The lowest BCUT2D eigenvalue weighted by atomic mass is 9.99. The molecular weight excluding hydrogens is 268 g/mol. The minimum Gasteiger partial charge on any atom is -0.348 e. The number of hydrogen-bond donors (Lipinski definition) is 1. The number of H-pyrrole nitrogens is 1. The van der Waals surface area contributed by atoms with E-state index >= 15 is 0 Å². The van der Waals surface area contributed by atoms with Crippen LogP contribution in [-0.2, 0) is 19.3 Å². The molecule has 0 saturated carbocycles. The Hall–Kier alpha value is -2.35. The van der Waals surface area contributed by atoms with E-state index in [9.17, 15) is 0 Å². The molecule has 0 fully saturated rings. The molecule has 0 bridgehead atoms. The molecule has 0 atom stereocenters. The van der Waals surface area contributed by atoms with Crippen molar-refractivity contribution in [3.8, 4) is 0 Å². The standard InChI is InChI=1S/C20H22N2/c1-15-7-6-8-16(2)19(15)11-12-20-21-14-18(22-20)13-17-9-4-3-5-10-17/h3-10,14H,11-13H2,1-2H3,(H,21,22). The zero-order chi connectivity index (χ0) is 15.4. The molecule has 0 saturated heterocycles. The molecule has 2 nitrogen and oxygen atoms in total. The summed E-state index contributed by atoms with van der Waals surface area (Å²) in [4.78, 5) is 8.05. The quantitative estimate of drug-likeness (QED) is 0.741. The van der Waals surface area contributed by atoms with E-state index in [0.717, 1.165) is 30.8 Å². The van der Waals surface area contributed by atoms with Gasteiger partial charge in [0.2, 0.25) is 0 Å². The molecule has 0 aliphatic carbocycles. The van der Waals surface area contributed by atoms with Crippen molar-refractivity contribution in [2.45, 2.75) is 33.1 Å². The number of imidazole rings is 1. The number of aromatic nitrogens is 2. The number of nitrogens with one attached hydrogen (secondary N) is 1. The minimum absolute atomic E-state index is 0.890. The third-order valence-corrected chi connectivity index (χ3v) is 4.17. The summed E-state index contributed by atoms with van der Waals surface area (Å²) in [6, 6.07) is 17.0. The van der Waals surface area contributed by atoms with E-state index in [0.29, 0.717) is 0 Å². The van der Waals surface area contributed by atoms with Gasteiger partial charge in [0.15, 0.2) is 0 Å². The SMILES string of the molecule is Cc1cccc(C)c1CCc1nc(Cc2ccccc2)c[nH]1. The number of aryl methyl sites for hydroxylation is 3. The van der Waals surface area contributed by atoms with Gasteiger partial charge in [-0.3, -0.25) is 0 Å². The molecule has 0 spiro atoms. The molecule has 3 rings (SSSR count). The first-order valence-corrected chi connectivity index (χ1v) is 7.84. The average molecular weight is 290 g/mol. The van der Waals surface area contributed by atoms with Gasteiger partial charge in [-0.15, -0.1) is 0 Å². The van der Waals surface area contributed by atoms with Crippen LogP contribution in [0.4, 0.5) is 0 Å². The van der Waals surface area contributed by atoms with Crippen LogP contribution >= 0.6 is 0 Å². The second-order valence-electron chi connectivity index (χ2n) is 5.87. The van der Waals surface area contributed by atoms with E-state index in [1.54, 1.807) is 0 Å². The van der Waals surface area contributed by atoms with Crippen molar-refractivity contribution in [1.29, 1.82) is 0 Å². The first-order chi connectivity index (χ1) is 10.7. The van der Waals surface area contributed by atoms with Crippen molar-refractivity contribution in [3.05, 3.63) is 88.5 Å². The van der Waals surface area contributed by atoms with E-state index in [-0.39, 0.29) is 0 Å². The molecule has 2 heteroatoms. The fourth-order valence-electron chi connectivity index (χ4n) is 2.91. The molecule has 1 N–H and O–H groups in total. The van der Waals surface area contributed by atoms with Gasteiger partial charge >= 0.3 is 0 Å². The van der Waals surface area contributed by atoms with Crippen LogP contribution in [0.3, 0.4) is 0 Å². The first kappa shape index (κ1) is 14.6. The highest BCUT2D eigenvalue weighted by atomic mass is 14.9. The van der Waals surface area contributed by atoms with Crippen LogP contribution in [0.15, 0.2) is 54.7 Å². The topological polar surface area (TPSA) is 28.7 Å². The minimum atomic E-state index is 0.890. The van der Waals surface area contributed by atoms with Crippen molar-refractivity contribution in [2.75, 3.05) is 0 Å². The zero-order valence-electron chi connectivity index (χ0n) is 13.3. The van der Waals surface area contributed by atoms with Crippen molar-refractivity contribution >= 4 is 0 Å². The second-order valence-corrected chi connectivity index (χ2v) is 5.87. The predicted octanol–water partition coefficient (Wildman–Crippen LogP) is 4.40. The van der Waals surface area contributed by atoms with Crippen LogP contribution < -0.4 is 0 Å². The smallest absolute Gasteiger partial charge is 0.106 e. The lowest BCUT2D eigenvalue weighted by Gasteiger charge is -2.08. The van der Waals surface area contributed by atoms with Crippen LogP contribution in [0.5, 0.6) is 0 Å². The third kappa shape index (κ3) is 3.45. The predicted molar refractivity (Wildman–Crippen MR) is 91.2 cm³/mol. The number of hydrogen-bond acceptors (Lipinski definition) is 1. The summed E-state index contributed by atoms with van der Waals surface area (Å²) in [5, 5.41) is 0. The van der Waals surface area contributed by atoms with Gasteiger partial charge in [0, 0.05) is 19.0 Å². The third-order valence-electron chi connectivity index (χ3n) is 4.17. The van der Waals surface area contributed by atoms with Gasteiger partial charge in [-0.2, -0.15) is 0 Å². The van der Waals surface area contributed by atoms with Gasteiger partial charge in [0.05, 0.1) is 5.69 Å². The molecule has 0 aliphatic rings. The Morgan fingerprint density at radius 1 is 0.864 bits per heavy atom. The molecule has 1 aromatic heterocycles. The van der Waals surface area contributed by atoms with E-state index in [2.05, 4.69) is 61.3 Å². The van der Waals surface area contributed by atoms with E-state index in [4.69, 9.17) is 4.98 Å². The highest BCUT2D eigenvalue weighted by Crippen LogP contribution is 2.16. The summed E-state index contributed by atoms with van der Waals surface area (Å²) in [6.45, 7) is 4.37. The Kier molecular flexibility index (Phi) is 4.38. The average Bonchev–Trinajstić information content (AvgIpc) is 2.95. The van der Waals surface area contributed by atoms with Gasteiger partial charge in [-0.25, -0.2) is 4.98 Å². The van der Waals surface area contributed by atoms with Crippen molar-refractivity contribution < 1.29 is 0 Å². The van der Waals surface area contributed by atoms with Crippen LogP contribution in [-0.4, -0.2) is 9.97 Å². The number of benzene rings is 2. The number of aromatic amines is 1. The van der Waals surface area contributed by atoms with Crippen LogP contribution in [0.25, 0.3) is 0 Å². The Bertz CT molecular complexity index is 721. The largest absolute Gasteiger partial charge is 0.348 e. The number of rotatable bonds is 5.